The van der Waals surface area contributed by atoms with Gasteiger partial charge in [0.2, 0.25) is 0 Å². The largest absolute Gasteiger partial charge is 0.497 e. The van der Waals surface area contributed by atoms with Gasteiger partial charge < -0.3 is 14.8 Å². The summed E-state index contributed by atoms with van der Waals surface area (Å²) in [6, 6.07) is 9.01. The van der Waals surface area contributed by atoms with Crippen LogP contribution in [0.1, 0.15) is 15.9 Å². The molecular formula is C22H16F3N3O4S. The summed E-state index contributed by atoms with van der Waals surface area (Å²) >= 11 is 1.20. The minimum absolute atomic E-state index is 0.109. The number of nitrogens with one attached hydrogen (secondary N) is 1. The average molecular weight is 475 g/mol. The molecule has 0 bridgehead atoms. The van der Waals surface area contributed by atoms with E-state index in [9.17, 15) is 22.8 Å². The number of carbonyl (C=O) groups excluding carboxylic acids is 1. The fraction of sp³-hybridized carbons (Fsp3) is 0.136. The van der Waals surface area contributed by atoms with Gasteiger partial charge in [-0.25, -0.2) is 4.98 Å². The zero-order valence-corrected chi connectivity index (χ0v) is 18.1. The number of ether oxygens (including phenoxy) is 2. The van der Waals surface area contributed by atoms with Crippen LogP contribution in [0.2, 0.25) is 0 Å². The minimum atomic E-state index is -4.49. The molecule has 2 heterocycles. The molecule has 4 rings (SSSR count). The Hall–Kier alpha value is -3.86. The number of alkyl halides is 3. The number of rotatable bonds is 5. The number of carbonyl (C=O) groups is 1. The first-order valence-corrected chi connectivity index (χ1v) is 10.3. The molecule has 0 unspecified atom stereocenters. The Labute approximate surface area is 189 Å². The Morgan fingerprint density at radius 3 is 2.45 bits per heavy atom. The van der Waals surface area contributed by atoms with Crippen molar-refractivity contribution in [2.75, 3.05) is 19.5 Å². The number of benzene rings is 2. The molecule has 0 atom stereocenters. The molecule has 2 aromatic heterocycles. The molecule has 1 amide bonds. The number of aromatic nitrogens is 2. The fourth-order valence-electron chi connectivity index (χ4n) is 3.19. The van der Waals surface area contributed by atoms with Crippen LogP contribution >= 0.6 is 11.3 Å². The number of thiazole rings is 1. The lowest BCUT2D eigenvalue weighted by molar-refractivity contribution is -0.137. The zero-order valence-electron chi connectivity index (χ0n) is 17.3. The van der Waals surface area contributed by atoms with Gasteiger partial charge in [-0.1, -0.05) is 0 Å². The van der Waals surface area contributed by atoms with Crippen LogP contribution in [0.5, 0.6) is 11.5 Å². The number of fused-ring (bicyclic) bond motifs is 1. The highest BCUT2D eigenvalue weighted by atomic mass is 32.1. The second-order valence-corrected chi connectivity index (χ2v) is 7.65. The van der Waals surface area contributed by atoms with Gasteiger partial charge in [-0.15, -0.1) is 11.3 Å². The van der Waals surface area contributed by atoms with Crippen LogP contribution in [-0.2, 0) is 6.18 Å². The van der Waals surface area contributed by atoms with Gasteiger partial charge in [0.1, 0.15) is 17.1 Å². The molecule has 33 heavy (non-hydrogen) atoms. The first kappa shape index (κ1) is 22.3. The molecule has 0 saturated carbocycles. The fourth-order valence-corrected chi connectivity index (χ4v) is 4.04. The Morgan fingerprint density at radius 1 is 1.09 bits per heavy atom. The van der Waals surface area contributed by atoms with Crippen LogP contribution in [0.25, 0.3) is 16.2 Å². The molecule has 0 saturated heterocycles. The quantitative estimate of drug-likeness (QED) is 0.452. The predicted molar refractivity (Wildman–Crippen MR) is 117 cm³/mol. The second-order valence-electron chi connectivity index (χ2n) is 6.81. The summed E-state index contributed by atoms with van der Waals surface area (Å²) in [5.74, 6) is 0.237. The normalized spacial score (nSPS) is 11.4. The lowest BCUT2D eigenvalue weighted by atomic mass is 10.1. The van der Waals surface area contributed by atoms with E-state index < -0.39 is 23.2 Å². The Kier molecular flexibility index (Phi) is 5.81. The van der Waals surface area contributed by atoms with Gasteiger partial charge in [0.15, 0.2) is 4.96 Å². The molecule has 0 radical (unpaired) electrons. The third kappa shape index (κ3) is 4.27. The van der Waals surface area contributed by atoms with Crippen LogP contribution in [0.15, 0.2) is 58.8 Å². The number of hydrogen-bond acceptors (Lipinski definition) is 6. The van der Waals surface area contributed by atoms with E-state index in [1.165, 1.54) is 30.0 Å². The maximum atomic E-state index is 13.2. The van der Waals surface area contributed by atoms with E-state index in [2.05, 4.69) is 10.3 Å². The monoisotopic (exact) mass is 475 g/mol. The highest BCUT2D eigenvalue weighted by Crippen LogP contribution is 2.35. The van der Waals surface area contributed by atoms with E-state index in [-0.39, 0.29) is 11.3 Å². The Morgan fingerprint density at radius 2 is 1.82 bits per heavy atom. The van der Waals surface area contributed by atoms with Crippen molar-refractivity contribution in [3.63, 3.8) is 0 Å². The maximum absolute atomic E-state index is 13.2. The zero-order chi connectivity index (χ0) is 23.8. The summed E-state index contributed by atoms with van der Waals surface area (Å²) in [7, 11) is 3.00. The van der Waals surface area contributed by atoms with Crippen molar-refractivity contribution >= 4 is 27.9 Å². The summed E-state index contributed by atoms with van der Waals surface area (Å²) in [5, 5.41) is 4.14. The number of amides is 1. The van der Waals surface area contributed by atoms with E-state index in [1.54, 1.807) is 23.6 Å². The van der Waals surface area contributed by atoms with Gasteiger partial charge in [0.25, 0.3) is 11.5 Å². The molecule has 11 heteroatoms. The molecule has 170 valence electrons. The SMILES string of the molecule is COc1ccc(OC)c(-c2csc3ncc(C(=O)Nc4ccc(C(F)(F)F)cc4)c(=O)n23)c1. The molecule has 0 aliphatic carbocycles. The van der Waals surface area contributed by atoms with Crippen LogP contribution in [0.4, 0.5) is 18.9 Å². The minimum Gasteiger partial charge on any atom is -0.497 e. The van der Waals surface area contributed by atoms with Gasteiger partial charge in [-0.3, -0.25) is 14.0 Å². The molecule has 1 N–H and O–H groups in total. The Bertz CT molecular complexity index is 1400. The van der Waals surface area contributed by atoms with Crippen molar-refractivity contribution in [2.45, 2.75) is 6.18 Å². The van der Waals surface area contributed by atoms with Crippen molar-refractivity contribution in [1.82, 2.24) is 9.38 Å². The van der Waals surface area contributed by atoms with E-state index >= 15 is 0 Å². The number of methoxy groups -OCH3 is 2. The molecular weight excluding hydrogens is 459 g/mol. The van der Waals surface area contributed by atoms with E-state index in [0.29, 0.717) is 27.7 Å². The van der Waals surface area contributed by atoms with Crippen LogP contribution < -0.4 is 20.3 Å². The highest BCUT2D eigenvalue weighted by Gasteiger charge is 2.30. The second kappa shape index (κ2) is 8.58. The molecule has 0 aliphatic rings. The summed E-state index contributed by atoms with van der Waals surface area (Å²) in [6.07, 6.45) is -3.35. The third-order valence-electron chi connectivity index (χ3n) is 4.84. The number of hydrogen-bond donors (Lipinski definition) is 1. The van der Waals surface area contributed by atoms with Crippen molar-refractivity contribution in [3.8, 4) is 22.8 Å². The number of anilines is 1. The van der Waals surface area contributed by atoms with Gasteiger partial charge in [0, 0.05) is 22.8 Å². The first-order chi connectivity index (χ1) is 15.7. The molecule has 2 aromatic carbocycles. The summed E-state index contributed by atoms with van der Waals surface area (Å²) < 4.78 is 50.2. The molecule has 4 aromatic rings. The van der Waals surface area contributed by atoms with Gasteiger partial charge >= 0.3 is 6.18 Å². The van der Waals surface area contributed by atoms with E-state index in [0.717, 1.165) is 30.5 Å². The van der Waals surface area contributed by atoms with Crippen molar-refractivity contribution in [2.24, 2.45) is 0 Å². The third-order valence-corrected chi connectivity index (χ3v) is 5.68. The lowest BCUT2D eigenvalue weighted by Gasteiger charge is -2.11. The van der Waals surface area contributed by atoms with E-state index in [1.807, 2.05) is 0 Å². The van der Waals surface area contributed by atoms with Gasteiger partial charge in [0.05, 0.1) is 25.5 Å². The lowest BCUT2D eigenvalue weighted by Crippen LogP contribution is -2.26. The van der Waals surface area contributed by atoms with Crippen molar-refractivity contribution in [1.29, 1.82) is 0 Å². The van der Waals surface area contributed by atoms with Crippen LogP contribution in [-0.4, -0.2) is 29.5 Å². The molecule has 0 aliphatic heterocycles. The first-order valence-electron chi connectivity index (χ1n) is 9.43. The van der Waals surface area contributed by atoms with E-state index in [4.69, 9.17) is 9.47 Å². The molecule has 0 fully saturated rings. The van der Waals surface area contributed by atoms with Gasteiger partial charge in [-0.05, 0) is 42.5 Å². The smallest absolute Gasteiger partial charge is 0.416 e. The summed E-state index contributed by atoms with van der Waals surface area (Å²) in [4.78, 5) is 30.5. The maximum Gasteiger partial charge on any atom is 0.416 e. The van der Waals surface area contributed by atoms with Gasteiger partial charge in [-0.2, -0.15) is 13.2 Å². The van der Waals surface area contributed by atoms with Crippen LogP contribution in [0, 0.1) is 0 Å². The number of nitrogens with zero attached hydrogens (tertiary/aromatic N) is 2. The summed E-state index contributed by atoms with van der Waals surface area (Å²) in [5.41, 5.74) is -0.629. The average Bonchev–Trinajstić information content (AvgIpc) is 3.23. The molecule has 7 nitrogen and oxygen atoms in total. The van der Waals surface area contributed by atoms with Crippen molar-refractivity contribution in [3.05, 3.63) is 75.5 Å². The molecule has 0 spiro atoms. The topological polar surface area (TPSA) is 81.9 Å². The predicted octanol–water partition coefficient (Wildman–Crippen LogP) is 4.71. The standard InChI is InChI=1S/C22H16F3N3O4S/c1-31-14-7-8-18(32-2)15(9-14)17-11-33-21-26-10-16(20(30)28(17)21)19(29)27-13-5-3-12(4-6-13)22(23,24)25/h3-11H,1-2H3,(H,27,29). The summed E-state index contributed by atoms with van der Waals surface area (Å²) in [6.45, 7) is 0. The number of halogens is 3. The van der Waals surface area contributed by atoms with Crippen LogP contribution in [0.3, 0.4) is 0 Å². The van der Waals surface area contributed by atoms with Crippen molar-refractivity contribution < 1.29 is 27.4 Å². The Balaban J connectivity index is 1.73. The highest BCUT2D eigenvalue weighted by molar-refractivity contribution is 7.15.